The Morgan fingerprint density at radius 1 is 1.23 bits per heavy atom. The molecule has 7 heteroatoms. The first-order chi connectivity index (χ1) is 12.6. The van der Waals surface area contributed by atoms with E-state index in [4.69, 9.17) is 8.83 Å². The van der Waals surface area contributed by atoms with Crippen LogP contribution in [0.3, 0.4) is 0 Å². The number of anilines is 1. The maximum Gasteiger partial charge on any atom is 0.277 e. The van der Waals surface area contributed by atoms with Gasteiger partial charge in [0.1, 0.15) is 5.76 Å². The normalized spacial score (nSPS) is 14.2. The second kappa shape index (κ2) is 6.99. The number of furan rings is 1. The quantitative estimate of drug-likeness (QED) is 0.677. The van der Waals surface area contributed by atoms with E-state index in [9.17, 15) is 4.79 Å². The molecule has 1 aliphatic rings. The second-order valence-corrected chi connectivity index (χ2v) is 7.64. The van der Waals surface area contributed by atoms with Gasteiger partial charge in [-0.15, -0.1) is 10.2 Å². The monoisotopic (exact) mass is 369 g/mol. The van der Waals surface area contributed by atoms with Crippen molar-refractivity contribution in [2.75, 3.05) is 5.32 Å². The molecule has 2 heterocycles. The van der Waals surface area contributed by atoms with E-state index in [1.54, 1.807) is 12.3 Å². The number of fused-ring (bicyclic) bond motifs is 1. The van der Waals surface area contributed by atoms with Crippen LogP contribution in [0.2, 0.25) is 0 Å². The highest BCUT2D eigenvalue weighted by molar-refractivity contribution is 8.00. The molecule has 1 amide bonds. The van der Waals surface area contributed by atoms with Gasteiger partial charge >= 0.3 is 0 Å². The van der Waals surface area contributed by atoms with Crippen molar-refractivity contribution >= 4 is 23.4 Å². The van der Waals surface area contributed by atoms with Gasteiger partial charge in [0.25, 0.3) is 11.1 Å². The zero-order valence-electron chi connectivity index (χ0n) is 14.6. The van der Waals surface area contributed by atoms with Crippen LogP contribution in [0.1, 0.15) is 30.2 Å². The fourth-order valence-corrected chi connectivity index (χ4v) is 3.75. The van der Waals surface area contributed by atoms with Crippen LogP contribution in [-0.4, -0.2) is 21.4 Å². The van der Waals surface area contributed by atoms with Gasteiger partial charge in [-0.25, -0.2) is 0 Å². The van der Waals surface area contributed by atoms with E-state index in [1.165, 1.54) is 29.3 Å². The number of amides is 1. The van der Waals surface area contributed by atoms with Gasteiger partial charge in [0.15, 0.2) is 0 Å². The van der Waals surface area contributed by atoms with Crippen LogP contribution in [0, 0.1) is 6.92 Å². The molecule has 0 unspecified atom stereocenters. The lowest BCUT2D eigenvalue weighted by Gasteiger charge is -2.11. The summed E-state index contributed by atoms with van der Waals surface area (Å²) in [6.07, 6.45) is 4.98. The molecule has 0 fully saturated rings. The lowest BCUT2D eigenvalue weighted by atomic mass is 10.1. The molecule has 0 bridgehead atoms. The number of rotatable bonds is 5. The lowest BCUT2D eigenvalue weighted by molar-refractivity contribution is -0.115. The average Bonchev–Trinajstić information content (AvgIpc) is 3.34. The zero-order valence-corrected chi connectivity index (χ0v) is 15.4. The first-order valence-electron chi connectivity index (χ1n) is 8.57. The highest BCUT2D eigenvalue weighted by atomic mass is 32.2. The van der Waals surface area contributed by atoms with E-state index in [0.29, 0.717) is 16.9 Å². The van der Waals surface area contributed by atoms with Crippen molar-refractivity contribution in [3.05, 3.63) is 47.4 Å². The summed E-state index contributed by atoms with van der Waals surface area (Å²) in [6.45, 7) is 3.65. The third-order valence-corrected chi connectivity index (χ3v) is 5.44. The minimum absolute atomic E-state index is 0.0906. The number of benzene rings is 1. The number of carbonyl (C=O) groups is 1. The molecule has 0 saturated heterocycles. The summed E-state index contributed by atoms with van der Waals surface area (Å²) < 4.78 is 10.9. The van der Waals surface area contributed by atoms with Crippen LogP contribution in [0.5, 0.6) is 0 Å². The molecule has 134 valence electrons. The Morgan fingerprint density at radius 3 is 2.88 bits per heavy atom. The van der Waals surface area contributed by atoms with Crippen molar-refractivity contribution in [2.24, 2.45) is 0 Å². The summed E-state index contributed by atoms with van der Waals surface area (Å²) in [6, 6.07) is 7.92. The van der Waals surface area contributed by atoms with Crippen molar-refractivity contribution < 1.29 is 13.6 Å². The molecular weight excluding hydrogens is 350 g/mol. The van der Waals surface area contributed by atoms with Crippen LogP contribution in [0.4, 0.5) is 5.69 Å². The smallest absolute Gasteiger partial charge is 0.277 e. The SMILES string of the molecule is Cc1occc1-c1nnc(S[C@@H](C)C(=O)Nc2ccc3c(c2)CCC3)o1. The Morgan fingerprint density at radius 2 is 2.08 bits per heavy atom. The molecular formula is C19H19N3O3S. The summed E-state index contributed by atoms with van der Waals surface area (Å²) in [4.78, 5) is 12.5. The first kappa shape index (κ1) is 16.9. The van der Waals surface area contributed by atoms with Crippen LogP contribution >= 0.6 is 11.8 Å². The van der Waals surface area contributed by atoms with Gasteiger partial charge in [-0.05, 0) is 62.4 Å². The average molecular weight is 369 g/mol. The maximum absolute atomic E-state index is 12.5. The number of aromatic nitrogens is 2. The Kier molecular flexibility index (Phi) is 4.55. The summed E-state index contributed by atoms with van der Waals surface area (Å²) in [5.41, 5.74) is 4.32. The van der Waals surface area contributed by atoms with Crippen LogP contribution in [0.15, 0.2) is 44.6 Å². The fourth-order valence-electron chi connectivity index (χ4n) is 3.07. The van der Waals surface area contributed by atoms with Crippen LogP contribution in [0.25, 0.3) is 11.5 Å². The molecule has 1 atom stereocenters. The minimum Gasteiger partial charge on any atom is -0.469 e. The third kappa shape index (κ3) is 3.39. The number of aryl methyl sites for hydroxylation is 3. The fraction of sp³-hybridized carbons (Fsp3) is 0.316. The van der Waals surface area contributed by atoms with E-state index in [0.717, 1.165) is 24.1 Å². The highest BCUT2D eigenvalue weighted by Gasteiger charge is 2.20. The summed E-state index contributed by atoms with van der Waals surface area (Å²) in [7, 11) is 0. The van der Waals surface area contributed by atoms with Gasteiger partial charge in [0, 0.05) is 5.69 Å². The Balaban J connectivity index is 1.40. The number of nitrogens with one attached hydrogen (secondary N) is 1. The molecule has 4 rings (SSSR count). The van der Waals surface area contributed by atoms with Gasteiger partial charge in [-0.1, -0.05) is 17.8 Å². The summed E-state index contributed by atoms with van der Waals surface area (Å²) in [5.74, 6) is 1.02. The van der Waals surface area contributed by atoms with E-state index in [-0.39, 0.29) is 11.2 Å². The van der Waals surface area contributed by atoms with Crippen molar-refractivity contribution in [1.82, 2.24) is 10.2 Å². The molecule has 0 radical (unpaired) electrons. The van der Waals surface area contributed by atoms with Gasteiger partial charge < -0.3 is 14.2 Å². The molecule has 0 aliphatic heterocycles. The Hall–Kier alpha value is -2.54. The van der Waals surface area contributed by atoms with E-state index in [2.05, 4.69) is 27.6 Å². The van der Waals surface area contributed by atoms with Gasteiger partial charge in [0.2, 0.25) is 5.91 Å². The molecule has 1 N–H and O–H groups in total. The largest absolute Gasteiger partial charge is 0.469 e. The minimum atomic E-state index is -0.359. The second-order valence-electron chi connectivity index (χ2n) is 6.35. The maximum atomic E-state index is 12.5. The van der Waals surface area contributed by atoms with E-state index < -0.39 is 0 Å². The third-order valence-electron chi connectivity index (χ3n) is 4.51. The molecule has 0 saturated carbocycles. The molecule has 26 heavy (non-hydrogen) atoms. The van der Waals surface area contributed by atoms with Gasteiger partial charge in [0.05, 0.1) is 17.1 Å². The van der Waals surface area contributed by atoms with Crippen molar-refractivity contribution in [1.29, 1.82) is 0 Å². The molecule has 6 nitrogen and oxygen atoms in total. The van der Waals surface area contributed by atoms with E-state index in [1.807, 2.05) is 19.9 Å². The van der Waals surface area contributed by atoms with E-state index >= 15 is 0 Å². The standard InChI is InChI=1S/C19H19N3O3S/c1-11-16(8-9-24-11)18-21-22-19(25-18)26-12(2)17(23)20-15-7-6-13-4-3-5-14(13)10-15/h6-10,12H,3-5H2,1-2H3,(H,20,23)/t12-/m0/s1. The Bertz CT molecular complexity index is 947. The predicted octanol–water partition coefficient (Wildman–Crippen LogP) is 4.25. The van der Waals surface area contributed by atoms with Crippen LogP contribution < -0.4 is 5.32 Å². The first-order valence-corrected chi connectivity index (χ1v) is 9.45. The number of hydrogen-bond acceptors (Lipinski definition) is 6. The summed E-state index contributed by atoms with van der Waals surface area (Å²) in [5, 5.41) is 11.0. The topological polar surface area (TPSA) is 81.2 Å². The number of thioether (sulfide) groups is 1. The predicted molar refractivity (Wildman–Crippen MR) is 99.2 cm³/mol. The van der Waals surface area contributed by atoms with Crippen molar-refractivity contribution in [3.63, 3.8) is 0 Å². The van der Waals surface area contributed by atoms with Crippen molar-refractivity contribution in [3.8, 4) is 11.5 Å². The number of hydrogen-bond donors (Lipinski definition) is 1. The molecule has 1 aliphatic carbocycles. The molecule has 1 aromatic carbocycles. The molecule has 3 aromatic rings. The van der Waals surface area contributed by atoms with Crippen LogP contribution in [-0.2, 0) is 17.6 Å². The van der Waals surface area contributed by atoms with Gasteiger partial charge in [-0.3, -0.25) is 4.79 Å². The number of carbonyl (C=O) groups excluding carboxylic acids is 1. The highest BCUT2D eigenvalue weighted by Crippen LogP contribution is 2.29. The molecule has 2 aromatic heterocycles. The Labute approximate surface area is 155 Å². The zero-order chi connectivity index (χ0) is 18.1. The lowest BCUT2D eigenvalue weighted by Crippen LogP contribution is -2.22. The summed E-state index contributed by atoms with van der Waals surface area (Å²) >= 11 is 1.24. The number of nitrogens with zero attached hydrogens (tertiary/aromatic N) is 2. The van der Waals surface area contributed by atoms with Gasteiger partial charge in [-0.2, -0.15) is 0 Å². The van der Waals surface area contributed by atoms with Crippen molar-refractivity contribution in [2.45, 2.75) is 43.6 Å². The molecule has 0 spiro atoms.